The van der Waals surface area contributed by atoms with E-state index in [0.29, 0.717) is 34.7 Å². The van der Waals surface area contributed by atoms with Gasteiger partial charge in [-0.1, -0.05) is 32.1 Å². The summed E-state index contributed by atoms with van der Waals surface area (Å²) in [6, 6.07) is 4.33. The zero-order valence-electron chi connectivity index (χ0n) is 23.7. The lowest BCUT2D eigenvalue weighted by molar-refractivity contribution is -0.143. The second-order valence-electron chi connectivity index (χ2n) is 8.50. The van der Waals surface area contributed by atoms with Gasteiger partial charge in [-0.3, -0.25) is 4.79 Å². The van der Waals surface area contributed by atoms with Gasteiger partial charge in [0.1, 0.15) is 17.6 Å². The van der Waals surface area contributed by atoms with E-state index < -0.39 is 17.9 Å². The first kappa shape index (κ1) is 32.6. The van der Waals surface area contributed by atoms with Gasteiger partial charge in [-0.2, -0.15) is 0 Å². The third-order valence-corrected chi connectivity index (χ3v) is 5.89. The Hall–Kier alpha value is -4.40. The lowest BCUT2D eigenvalue weighted by atomic mass is 10.1. The third-order valence-electron chi connectivity index (χ3n) is 5.89. The Kier molecular flexibility index (Phi) is 13.8. The van der Waals surface area contributed by atoms with Gasteiger partial charge < -0.3 is 24.9 Å². The van der Waals surface area contributed by atoms with Gasteiger partial charge in [0.15, 0.2) is 0 Å². The van der Waals surface area contributed by atoms with Crippen molar-refractivity contribution in [2.24, 2.45) is 4.99 Å². The number of aliphatic hydroxyl groups is 1. The molecule has 0 saturated carbocycles. The minimum Gasteiger partial charge on any atom is -0.512 e. The molecule has 9 nitrogen and oxygen atoms in total. The number of ether oxygens (including phenoxy) is 2. The van der Waals surface area contributed by atoms with Gasteiger partial charge in [-0.25, -0.2) is 14.8 Å². The van der Waals surface area contributed by atoms with E-state index in [4.69, 9.17) is 9.47 Å². The fraction of sp³-hybridized carbons (Fsp3) is 0.333. The standard InChI is InChI=1S/C28H36N4O5.C2H4/c1-8-10-22(28(35)37-7)32-26(34)20-12-13-21-23(16-20)31-25(30-21)19(5)24(33)14-11-17(3)18(4)27(36-6)29-15-9-2;1-2/h9,11-16,19,22,33H,2,8,10H2,1,3-7H3,(H,30,31)(H,32,34);1-2H2/b17-11+,24-14+,27-18-,29-15-;. The number of H-pyrrole nitrogens is 1. The first-order valence-electron chi connectivity index (χ1n) is 12.5. The van der Waals surface area contributed by atoms with Crippen molar-refractivity contribution in [3.05, 3.63) is 90.3 Å². The first-order valence-corrected chi connectivity index (χ1v) is 12.5. The molecule has 1 amide bonds. The monoisotopic (exact) mass is 536 g/mol. The summed E-state index contributed by atoms with van der Waals surface area (Å²) in [7, 11) is 2.84. The largest absolute Gasteiger partial charge is 0.512 e. The maximum Gasteiger partial charge on any atom is 0.328 e. The van der Waals surface area contributed by atoms with Crippen molar-refractivity contribution in [1.29, 1.82) is 0 Å². The van der Waals surface area contributed by atoms with Crippen molar-refractivity contribution < 1.29 is 24.2 Å². The number of allylic oxidation sites excluding steroid dienone is 6. The molecule has 0 saturated heterocycles. The fourth-order valence-corrected chi connectivity index (χ4v) is 3.51. The summed E-state index contributed by atoms with van der Waals surface area (Å²) in [5, 5.41) is 13.4. The minimum absolute atomic E-state index is 0.109. The van der Waals surface area contributed by atoms with Gasteiger partial charge in [0, 0.05) is 17.4 Å². The SMILES string of the molecule is C=C.C=C\C=N/C(OC)=C(C)/C(C)=C/C=C(/O)C(C)c1nc2ccc(C(=O)NC(CCC)C(=O)OC)cc2[nH]1. The third kappa shape index (κ3) is 9.14. The van der Waals surface area contributed by atoms with Crippen LogP contribution in [0.2, 0.25) is 0 Å². The highest BCUT2D eigenvalue weighted by molar-refractivity contribution is 5.99. The van der Waals surface area contributed by atoms with Crippen molar-refractivity contribution in [2.45, 2.75) is 52.5 Å². The van der Waals surface area contributed by atoms with Crippen LogP contribution in [0.15, 0.2) is 83.9 Å². The van der Waals surface area contributed by atoms with Crippen molar-refractivity contribution in [3.8, 4) is 0 Å². The molecule has 2 aromatic rings. The maximum atomic E-state index is 12.7. The van der Waals surface area contributed by atoms with Crippen LogP contribution in [0.4, 0.5) is 0 Å². The van der Waals surface area contributed by atoms with Gasteiger partial charge in [0.2, 0.25) is 5.88 Å². The van der Waals surface area contributed by atoms with Crippen molar-refractivity contribution in [2.75, 3.05) is 14.2 Å². The van der Waals surface area contributed by atoms with E-state index in [9.17, 15) is 14.7 Å². The molecule has 0 spiro atoms. The molecule has 2 atom stereocenters. The number of imidazole rings is 1. The molecule has 2 unspecified atom stereocenters. The van der Waals surface area contributed by atoms with Crippen LogP contribution in [0.5, 0.6) is 0 Å². The van der Waals surface area contributed by atoms with E-state index in [-0.39, 0.29) is 11.7 Å². The van der Waals surface area contributed by atoms with Crippen LogP contribution in [0, 0.1) is 0 Å². The topological polar surface area (TPSA) is 126 Å². The van der Waals surface area contributed by atoms with Crippen molar-refractivity contribution in [3.63, 3.8) is 0 Å². The van der Waals surface area contributed by atoms with E-state index in [2.05, 4.69) is 40.0 Å². The highest BCUT2D eigenvalue weighted by Crippen LogP contribution is 2.24. The van der Waals surface area contributed by atoms with Crippen LogP contribution in [-0.2, 0) is 14.3 Å². The number of esters is 1. The number of aromatic amines is 1. The average molecular weight is 537 g/mol. The van der Waals surface area contributed by atoms with E-state index in [1.54, 1.807) is 49.8 Å². The number of methoxy groups -OCH3 is 2. The van der Waals surface area contributed by atoms with Crippen LogP contribution in [0.1, 0.15) is 62.6 Å². The number of amides is 1. The van der Waals surface area contributed by atoms with Crippen LogP contribution < -0.4 is 5.32 Å². The lowest BCUT2D eigenvalue weighted by Crippen LogP contribution is -2.41. The van der Waals surface area contributed by atoms with E-state index in [1.165, 1.54) is 7.11 Å². The number of aliphatic hydroxyl groups excluding tert-OH is 1. The minimum atomic E-state index is -0.707. The summed E-state index contributed by atoms with van der Waals surface area (Å²) in [6.45, 7) is 17.1. The molecule has 0 bridgehead atoms. The molecule has 3 N–H and O–H groups in total. The van der Waals surface area contributed by atoms with Crippen LogP contribution >= 0.6 is 0 Å². The number of aliphatic imine (C=N–C) groups is 1. The number of rotatable bonds is 12. The molecule has 0 aliphatic heterocycles. The summed E-state index contributed by atoms with van der Waals surface area (Å²) >= 11 is 0. The molecule has 1 heterocycles. The lowest BCUT2D eigenvalue weighted by Gasteiger charge is -2.15. The number of nitrogens with zero attached hydrogens (tertiary/aromatic N) is 2. The number of nitrogens with one attached hydrogen (secondary N) is 2. The van der Waals surface area contributed by atoms with Crippen LogP contribution in [0.25, 0.3) is 11.0 Å². The van der Waals surface area contributed by atoms with Gasteiger partial charge >= 0.3 is 5.97 Å². The second kappa shape index (κ2) is 16.4. The number of carbonyl (C=O) groups excluding carboxylic acids is 2. The first-order chi connectivity index (χ1) is 18.7. The van der Waals surface area contributed by atoms with E-state index >= 15 is 0 Å². The molecule has 1 aromatic carbocycles. The molecular formula is C30H40N4O5. The summed E-state index contributed by atoms with van der Waals surface area (Å²) < 4.78 is 10.1. The number of carbonyl (C=O) groups is 2. The van der Waals surface area contributed by atoms with Crippen LogP contribution in [-0.4, -0.2) is 53.4 Å². The maximum absolute atomic E-state index is 12.7. The highest BCUT2D eigenvalue weighted by Gasteiger charge is 2.22. The number of hydrogen-bond donors (Lipinski definition) is 3. The molecule has 0 fully saturated rings. The Morgan fingerprint density at radius 3 is 2.49 bits per heavy atom. The molecule has 0 radical (unpaired) electrons. The highest BCUT2D eigenvalue weighted by atomic mass is 16.5. The summed E-state index contributed by atoms with van der Waals surface area (Å²) in [5.41, 5.74) is 3.36. The quantitative estimate of drug-likeness (QED) is 0.0995. The number of aromatic nitrogens is 2. The smallest absolute Gasteiger partial charge is 0.328 e. The number of fused-ring (bicyclic) bond motifs is 1. The Labute approximate surface area is 230 Å². The van der Waals surface area contributed by atoms with Gasteiger partial charge in [0.25, 0.3) is 5.91 Å². The normalized spacial score (nSPS) is 14.1. The Balaban J connectivity index is 0.00000371. The fourth-order valence-electron chi connectivity index (χ4n) is 3.51. The Morgan fingerprint density at radius 1 is 1.21 bits per heavy atom. The van der Waals surface area contributed by atoms with Crippen LogP contribution in [0.3, 0.4) is 0 Å². The van der Waals surface area contributed by atoms with Gasteiger partial charge in [0.05, 0.1) is 31.2 Å². The summed E-state index contributed by atoms with van der Waals surface area (Å²) in [4.78, 5) is 36.6. The zero-order valence-corrected chi connectivity index (χ0v) is 23.7. The predicted molar refractivity (Wildman–Crippen MR) is 157 cm³/mol. The molecule has 1 aromatic heterocycles. The zero-order chi connectivity index (χ0) is 29.5. The van der Waals surface area contributed by atoms with Crippen molar-refractivity contribution in [1.82, 2.24) is 15.3 Å². The molecule has 39 heavy (non-hydrogen) atoms. The molecule has 2 rings (SSSR count). The van der Waals surface area contributed by atoms with Gasteiger partial charge in [-0.15, -0.1) is 13.2 Å². The van der Waals surface area contributed by atoms with Crippen molar-refractivity contribution >= 4 is 29.1 Å². The molecular weight excluding hydrogens is 496 g/mol. The average Bonchev–Trinajstić information content (AvgIpc) is 3.39. The Bertz CT molecular complexity index is 1270. The summed E-state index contributed by atoms with van der Waals surface area (Å²) in [5.74, 6) is -0.167. The molecule has 9 heteroatoms. The van der Waals surface area contributed by atoms with Gasteiger partial charge in [-0.05, 0) is 57.0 Å². The Morgan fingerprint density at radius 2 is 1.90 bits per heavy atom. The second-order valence-corrected chi connectivity index (χ2v) is 8.50. The number of hydrogen-bond acceptors (Lipinski definition) is 7. The predicted octanol–water partition coefficient (Wildman–Crippen LogP) is 6.06. The molecule has 0 aliphatic rings. The molecule has 0 aliphatic carbocycles. The number of benzene rings is 1. The molecule has 210 valence electrons. The van der Waals surface area contributed by atoms with E-state index in [1.807, 2.05) is 27.7 Å². The van der Waals surface area contributed by atoms with E-state index in [0.717, 1.165) is 17.6 Å². The summed E-state index contributed by atoms with van der Waals surface area (Å²) in [6.07, 6.45) is 7.70.